The van der Waals surface area contributed by atoms with Gasteiger partial charge >= 0.3 is 0 Å². The highest BCUT2D eigenvalue weighted by atomic mass is 35.5. The maximum absolute atomic E-state index is 12.0. The second-order valence-corrected chi connectivity index (χ2v) is 5.61. The van der Waals surface area contributed by atoms with Gasteiger partial charge in [0.1, 0.15) is 0 Å². The lowest BCUT2D eigenvalue weighted by molar-refractivity contribution is -0.129. The second-order valence-electron chi connectivity index (χ2n) is 4.77. The van der Waals surface area contributed by atoms with Gasteiger partial charge in [0, 0.05) is 20.3 Å². The van der Waals surface area contributed by atoms with Crippen molar-refractivity contribution in [3.8, 4) is 5.69 Å². The molecule has 20 heavy (non-hydrogen) atoms. The Morgan fingerprint density at radius 2 is 2.05 bits per heavy atom. The third-order valence-corrected chi connectivity index (χ3v) is 3.58. The fourth-order valence-corrected chi connectivity index (χ4v) is 2.35. The minimum absolute atomic E-state index is 0.0379. The second kappa shape index (κ2) is 5.85. The first kappa shape index (κ1) is 14.9. The molecular weight excluding hydrogens is 297 g/mol. The number of amides is 1. The molecule has 0 saturated heterocycles. The fourth-order valence-electron chi connectivity index (χ4n) is 1.94. The Balaban J connectivity index is 2.33. The Morgan fingerprint density at radius 1 is 1.35 bits per heavy atom. The van der Waals surface area contributed by atoms with Crippen molar-refractivity contribution in [2.75, 3.05) is 14.1 Å². The lowest BCUT2D eigenvalue weighted by atomic mass is 9.99. The summed E-state index contributed by atoms with van der Waals surface area (Å²) in [5.41, 5.74) is 1.60. The molecular formula is C14H15Cl2N3O. The first-order valence-corrected chi connectivity index (χ1v) is 6.87. The van der Waals surface area contributed by atoms with Crippen LogP contribution in [0, 0.1) is 0 Å². The molecule has 0 aliphatic rings. The molecule has 2 aromatic rings. The highest BCUT2D eigenvalue weighted by molar-refractivity contribution is 6.32. The van der Waals surface area contributed by atoms with Gasteiger partial charge in [-0.3, -0.25) is 4.79 Å². The molecule has 0 bridgehead atoms. The Morgan fingerprint density at radius 3 is 2.55 bits per heavy atom. The van der Waals surface area contributed by atoms with Crippen LogP contribution in [0.15, 0.2) is 30.6 Å². The molecule has 106 valence electrons. The van der Waals surface area contributed by atoms with Crippen LogP contribution in [0.5, 0.6) is 0 Å². The van der Waals surface area contributed by atoms with E-state index in [1.54, 1.807) is 42.1 Å². The number of carbonyl (C=O) groups excluding carboxylic acids is 1. The maximum atomic E-state index is 12.0. The zero-order chi connectivity index (χ0) is 14.9. The van der Waals surface area contributed by atoms with Gasteiger partial charge in [-0.2, -0.15) is 5.10 Å². The largest absolute Gasteiger partial charge is 0.348 e. The maximum Gasteiger partial charge on any atom is 0.229 e. The smallest absolute Gasteiger partial charge is 0.229 e. The summed E-state index contributed by atoms with van der Waals surface area (Å²) < 4.78 is 1.60. The van der Waals surface area contributed by atoms with Crippen molar-refractivity contribution in [1.29, 1.82) is 0 Å². The van der Waals surface area contributed by atoms with Crippen molar-refractivity contribution >= 4 is 29.1 Å². The third-order valence-electron chi connectivity index (χ3n) is 3.08. The summed E-state index contributed by atoms with van der Waals surface area (Å²) in [6.07, 6.45) is 3.22. The van der Waals surface area contributed by atoms with Crippen LogP contribution in [0.1, 0.15) is 18.4 Å². The summed E-state index contributed by atoms with van der Waals surface area (Å²) in [5, 5.41) is 5.18. The van der Waals surface area contributed by atoms with E-state index in [0.717, 1.165) is 11.3 Å². The number of likely N-dealkylation sites (N-methyl/N-ethyl adjacent to an activating group) is 1. The molecule has 0 aliphatic heterocycles. The van der Waals surface area contributed by atoms with Crippen LogP contribution in [-0.2, 0) is 4.79 Å². The van der Waals surface area contributed by atoms with Crippen molar-refractivity contribution in [3.63, 3.8) is 0 Å². The number of nitrogens with zero attached hydrogens (tertiary/aromatic N) is 3. The number of hydrogen-bond acceptors (Lipinski definition) is 2. The van der Waals surface area contributed by atoms with Gasteiger partial charge in [-0.25, -0.2) is 4.68 Å². The van der Waals surface area contributed by atoms with E-state index in [1.165, 1.54) is 0 Å². The van der Waals surface area contributed by atoms with Gasteiger partial charge in [0.15, 0.2) is 0 Å². The number of halogens is 2. The Bertz CT molecular complexity index is 637. The van der Waals surface area contributed by atoms with Crippen molar-refractivity contribution in [3.05, 3.63) is 46.2 Å². The fraction of sp³-hybridized carbons (Fsp3) is 0.286. The standard InChI is InChI=1S/C14H15Cl2N3O/c1-9(14(20)18(2)3)10-4-5-13(12(16)6-10)19-8-11(15)7-17-19/h4-9H,1-3H3. The van der Waals surface area contributed by atoms with Crippen molar-refractivity contribution < 1.29 is 4.79 Å². The normalized spacial score (nSPS) is 12.2. The predicted octanol–water partition coefficient (Wildman–Crippen LogP) is 3.37. The van der Waals surface area contributed by atoms with Crippen LogP contribution in [0.3, 0.4) is 0 Å². The van der Waals surface area contributed by atoms with Gasteiger partial charge in [0.2, 0.25) is 5.91 Å². The molecule has 0 saturated carbocycles. The van der Waals surface area contributed by atoms with E-state index < -0.39 is 0 Å². The van der Waals surface area contributed by atoms with Gasteiger partial charge in [-0.15, -0.1) is 0 Å². The van der Waals surface area contributed by atoms with E-state index in [2.05, 4.69) is 5.10 Å². The first-order valence-electron chi connectivity index (χ1n) is 6.11. The zero-order valence-corrected chi connectivity index (χ0v) is 13.0. The number of aromatic nitrogens is 2. The number of hydrogen-bond donors (Lipinski definition) is 0. The minimum Gasteiger partial charge on any atom is -0.348 e. The Labute approximate surface area is 127 Å². The molecule has 1 aromatic heterocycles. The number of rotatable bonds is 3. The molecule has 1 heterocycles. The molecule has 1 amide bonds. The quantitative estimate of drug-likeness (QED) is 0.871. The Hall–Kier alpha value is -1.52. The van der Waals surface area contributed by atoms with Crippen LogP contribution in [-0.4, -0.2) is 34.7 Å². The topological polar surface area (TPSA) is 38.1 Å². The van der Waals surface area contributed by atoms with Crippen molar-refractivity contribution in [2.45, 2.75) is 12.8 Å². The van der Waals surface area contributed by atoms with Crippen molar-refractivity contribution in [1.82, 2.24) is 14.7 Å². The molecule has 6 heteroatoms. The first-order chi connectivity index (χ1) is 9.40. The zero-order valence-electron chi connectivity index (χ0n) is 11.5. The van der Waals surface area contributed by atoms with E-state index in [4.69, 9.17) is 23.2 Å². The average Bonchev–Trinajstić information content (AvgIpc) is 2.83. The lowest BCUT2D eigenvalue weighted by Gasteiger charge is -2.17. The number of carbonyl (C=O) groups is 1. The molecule has 1 aromatic carbocycles. The van der Waals surface area contributed by atoms with Crippen LogP contribution >= 0.6 is 23.2 Å². The van der Waals surface area contributed by atoms with Crippen LogP contribution in [0.2, 0.25) is 10.0 Å². The highest BCUT2D eigenvalue weighted by Gasteiger charge is 2.18. The van der Waals surface area contributed by atoms with Crippen LogP contribution < -0.4 is 0 Å². The van der Waals surface area contributed by atoms with E-state index in [-0.39, 0.29) is 11.8 Å². The third kappa shape index (κ3) is 2.97. The van der Waals surface area contributed by atoms with E-state index in [9.17, 15) is 4.79 Å². The minimum atomic E-state index is -0.238. The van der Waals surface area contributed by atoms with Crippen molar-refractivity contribution in [2.24, 2.45) is 0 Å². The average molecular weight is 312 g/mol. The molecule has 0 radical (unpaired) electrons. The lowest BCUT2D eigenvalue weighted by Crippen LogP contribution is -2.26. The summed E-state index contributed by atoms with van der Waals surface area (Å²) in [7, 11) is 3.47. The molecule has 0 fully saturated rings. The Kier molecular flexibility index (Phi) is 4.35. The molecule has 0 N–H and O–H groups in total. The summed E-state index contributed by atoms with van der Waals surface area (Å²) in [6, 6.07) is 5.50. The summed E-state index contributed by atoms with van der Waals surface area (Å²) >= 11 is 12.1. The summed E-state index contributed by atoms with van der Waals surface area (Å²) in [6.45, 7) is 1.86. The highest BCUT2D eigenvalue weighted by Crippen LogP contribution is 2.26. The predicted molar refractivity (Wildman–Crippen MR) is 80.7 cm³/mol. The van der Waals surface area contributed by atoms with Gasteiger partial charge < -0.3 is 4.90 Å². The summed E-state index contributed by atoms with van der Waals surface area (Å²) in [4.78, 5) is 13.5. The van der Waals surface area contributed by atoms with Crippen LogP contribution in [0.25, 0.3) is 5.69 Å². The van der Waals surface area contributed by atoms with Crippen LogP contribution in [0.4, 0.5) is 0 Å². The monoisotopic (exact) mass is 311 g/mol. The van der Waals surface area contributed by atoms with Gasteiger partial charge in [0.05, 0.1) is 27.8 Å². The molecule has 1 atom stereocenters. The van der Waals surface area contributed by atoms with E-state index in [0.29, 0.717) is 10.0 Å². The molecule has 1 unspecified atom stereocenters. The van der Waals surface area contributed by atoms with Gasteiger partial charge in [-0.05, 0) is 24.6 Å². The van der Waals surface area contributed by atoms with E-state index >= 15 is 0 Å². The molecule has 0 spiro atoms. The SMILES string of the molecule is CC(C(=O)N(C)C)c1ccc(-n2cc(Cl)cn2)c(Cl)c1. The van der Waals surface area contributed by atoms with Gasteiger partial charge in [-0.1, -0.05) is 29.3 Å². The molecule has 4 nitrogen and oxygen atoms in total. The van der Waals surface area contributed by atoms with E-state index in [1.807, 2.05) is 19.1 Å². The number of benzene rings is 1. The molecule has 2 rings (SSSR count). The summed E-state index contributed by atoms with van der Waals surface area (Å²) in [5.74, 6) is -0.200. The van der Waals surface area contributed by atoms with Gasteiger partial charge in [0.25, 0.3) is 0 Å². The molecule has 0 aliphatic carbocycles.